The van der Waals surface area contributed by atoms with Gasteiger partial charge in [-0.15, -0.1) is 5.10 Å². The third kappa shape index (κ3) is 3.01. The number of nitrogens with zero attached hydrogens (tertiary/aromatic N) is 4. The summed E-state index contributed by atoms with van der Waals surface area (Å²) in [6.45, 7) is 0.548. The molecule has 0 radical (unpaired) electrons. The van der Waals surface area contributed by atoms with Gasteiger partial charge in [0.1, 0.15) is 11.9 Å². The van der Waals surface area contributed by atoms with E-state index in [0.29, 0.717) is 18.7 Å². The fourth-order valence-electron chi connectivity index (χ4n) is 2.27. The zero-order chi connectivity index (χ0) is 15.4. The van der Waals surface area contributed by atoms with Crippen molar-refractivity contribution in [3.63, 3.8) is 0 Å². The van der Waals surface area contributed by atoms with Crippen molar-refractivity contribution in [1.82, 2.24) is 15.0 Å². The minimum atomic E-state index is -0.278. The van der Waals surface area contributed by atoms with Crippen molar-refractivity contribution in [1.29, 1.82) is 5.26 Å². The Morgan fingerprint density at radius 3 is 2.41 bits per heavy atom. The highest BCUT2D eigenvalue weighted by molar-refractivity contribution is 5.31. The van der Waals surface area contributed by atoms with Gasteiger partial charge in [0.05, 0.1) is 12.2 Å². The lowest BCUT2D eigenvalue weighted by Crippen LogP contribution is -2.07. The molecule has 22 heavy (non-hydrogen) atoms. The molecule has 1 aromatic heterocycles. The van der Waals surface area contributed by atoms with Crippen molar-refractivity contribution >= 4 is 0 Å². The first-order valence-electron chi connectivity index (χ1n) is 6.87. The van der Waals surface area contributed by atoms with Gasteiger partial charge in [0.15, 0.2) is 5.69 Å². The molecule has 0 spiro atoms. The molecule has 0 fully saturated rings. The molecule has 3 aromatic rings. The van der Waals surface area contributed by atoms with Gasteiger partial charge in [-0.25, -0.2) is 9.07 Å². The molecule has 5 heteroatoms. The topological polar surface area (TPSA) is 54.5 Å². The number of aromatic nitrogens is 3. The molecular weight excluding hydrogens is 279 g/mol. The van der Waals surface area contributed by atoms with Crippen LogP contribution in [-0.4, -0.2) is 15.0 Å². The van der Waals surface area contributed by atoms with Crippen LogP contribution in [-0.2, 0) is 13.0 Å². The first-order valence-corrected chi connectivity index (χ1v) is 6.87. The maximum absolute atomic E-state index is 13.0. The molecule has 0 bridgehead atoms. The number of hydrogen-bond acceptors (Lipinski definition) is 3. The molecule has 0 saturated carbocycles. The molecule has 0 aliphatic heterocycles. The minimum Gasteiger partial charge on any atom is -0.243 e. The van der Waals surface area contributed by atoms with Crippen LogP contribution in [0.25, 0.3) is 0 Å². The zero-order valence-corrected chi connectivity index (χ0v) is 11.8. The Kier molecular flexibility index (Phi) is 3.92. The van der Waals surface area contributed by atoms with Gasteiger partial charge in [-0.05, 0) is 23.3 Å². The summed E-state index contributed by atoms with van der Waals surface area (Å²) < 4.78 is 14.7. The van der Waals surface area contributed by atoms with E-state index in [9.17, 15) is 9.65 Å². The van der Waals surface area contributed by atoms with Crippen LogP contribution in [0.5, 0.6) is 0 Å². The predicted octanol–water partition coefficient (Wildman–Crippen LogP) is 2.93. The molecule has 0 N–H and O–H groups in total. The summed E-state index contributed by atoms with van der Waals surface area (Å²) in [4.78, 5) is 0. The summed E-state index contributed by atoms with van der Waals surface area (Å²) in [7, 11) is 0. The molecule has 3 rings (SSSR count). The quantitative estimate of drug-likeness (QED) is 0.743. The Bertz CT molecular complexity index is 801. The van der Waals surface area contributed by atoms with Crippen LogP contribution in [0, 0.1) is 17.1 Å². The normalized spacial score (nSPS) is 10.4. The second-order valence-corrected chi connectivity index (χ2v) is 4.94. The largest absolute Gasteiger partial charge is 0.243 e. The second kappa shape index (κ2) is 6.19. The van der Waals surface area contributed by atoms with E-state index in [1.54, 1.807) is 16.8 Å². The van der Waals surface area contributed by atoms with Crippen LogP contribution in [0.15, 0.2) is 54.6 Å². The predicted molar refractivity (Wildman–Crippen MR) is 79.5 cm³/mol. The van der Waals surface area contributed by atoms with E-state index in [2.05, 4.69) is 16.4 Å². The van der Waals surface area contributed by atoms with Crippen LogP contribution in [0.4, 0.5) is 4.39 Å². The molecule has 0 saturated heterocycles. The monoisotopic (exact) mass is 292 g/mol. The molecule has 4 nitrogen and oxygen atoms in total. The van der Waals surface area contributed by atoms with Crippen LogP contribution in [0.1, 0.15) is 22.5 Å². The lowest BCUT2D eigenvalue weighted by molar-refractivity contribution is 0.621. The third-order valence-corrected chi connectivity index (χ3v) is 3.40. The number of nitriles is 1. The van der Waals surface area contributed by atoms with Crippen molar-refractivity contribution < 1.29 is 4.39 Å². The van der Waals surface area contributed by atoms with Gasteiger partial charge in [0.2, 0.25) is 0 Å². The molecular formula is C17H13FN4. The van der Waals surface area contributed by atoms with E-state index in [1.807, 2.05) is 30.3 Å². The van der Waals surface area contributed by atoms with Crippen LogP contribution < -0.4 is 0 Å². The van der Waals surface area contributed by atoms with Crippen LogP contribution in [0.3, 0.4) is 0 Å². The van der Waals surface area contributed by atoms with Crippen molar-refractivity contribution in [2.45, 2.75) is 13.0 Å². The average molecular weight is 292 g/mol. The van der Waals surface area contributed by atoms with E-state index >= 15 is 0 Å². The first-order chi connectivity index (χ1) is 10.8. The fourth-order valence-corrected chi connectivity index (χ4v) is 2.27. The van der Waals surface area contributed by atoms with Gasteiger partial charge in [0.25, 0.3) is 0 Å². The number of hydrogen-bond donors (Lipinski definition) is 0. The van der Waals surface area contributed by atoms with Crippen LogP contribution in [0.2, 0.25) is 0 Å². The lowest BCUT2D eigenvalue weighted by atomic mass is 10.1. The molecule has 108 valence electrons. The van der Waals surface area contributed by atoms with Crippen molar-refractivity contribution in [2.24, 2.45) is 0 Å². The van der Waals surface area contributed by atoms with Gasteiger partial charge in [0, 0.05) is 6.42 Å². The molecule has 1 heterocycles. The smallest absolute Gasteiger partial charge is 0.186 e. The Morgan fingerprint density at radius 2 is 1.73 bits per heavy atom. The van der Waals surface area contributed by atoms with Crippen molar-refractivity contribution in [2.75, 3.05) is 0 Å². The highest BCUT2D eigenvalue weighted by Crippen LogP contribution is 2.14. The van der Waals surface area contributed by atoms with E-state index < -0.39 is 0 Å². The summed E-state index contributed by atoms with van der Waals surface area (Å²) in [6.07, 6.45) is 0.489. The highest BCUT2D eigenvalue weighted by atomic mass is 19.1. The van der Waals surface area contributed by atoms with Gasteiger partial charge >= 0.3 is 0 Å². The Morgan fingerprint density at radius 1 is 1.00 bits per heavy atom. The molecule has 0 unspecified atom stereocenters. The van der Waals surface area contributed by atoms with E-state index in [-0.39, 0.29) is 5.82 Å². The molecule has 0 amide bonds. The maximum atomic E-state index is 13.0. The van der Waals surface area contributed by atoms with Gasteiger partial charge in [-0.1, -0.05) is 47.7 Å². The standard InChI is InChI=1S/C17H13FN4/c18-15-8-6-13(7-9-15)10-17-16(11-19)20-21-22(17)12-14-4-2-1-3-5-14/h1-9H,10,12H2. The van der Waals surface area contributed by atoms with Gasteiger partial charge in [-0.2, -0.15) is 5.26 Å². The first kappa shape index (κ1) is 14.0. The van der Waals surface area contributed by atoms with Crippen LogP contribution >= 0.6 is 0 Å². The SMILES string of the molecule is N#Cc1nnn(Cc2ccccc2)c1Cc1ccc(F)cc1. The van der Waals surface area contributed by atoms with Gasteiger partial charge in [-0.3, -0.25) is 0 Å². The van der Waals surface area contributed by atoms with Crippen molar-refractivity contribution in [3.8, 4) is 6.07 Å². The van der Waals surface area contributed by atoms with E-state index in [4.69, 9.17) is 0 Å². The van der Waals surface area contributed by atoms with Gasteiger partial charge < -0.3 is 0 Å². The maximum Gasteiger partial charge on any atom is 0.186 e. The summed E-state index contributed by atoms with van der Waals surface area (Å²) >= 11 is 0. The molecule has 0 aliphatic rings. The van der Waals surface area contributed by atoms with E-state index in [1.165, 1.54) is 12.1 Å². The zero-order valence-electron chi connectivity index (χ0n) is 11.8. The summed E-state index contributed by atoms with van der Waals surface area (Å²) in [6, 6.07) is 18.1. The Balaban J connectivity index is 1.90. The second-order valence-electron chi connectivity index (χ2n) is 4.94. The lowest BCUT2D eigenvalue weighted by Gasteiger charge is -2.07. The Labute approximate surface area is 127 Å². The third-order valence-electron chi connectivity index (χ3n) is 3.40. The average Bonchev–Trinajstić information content (AvgIpc) is 2.92. The molecule has 2 aromatic carbocycles. The number of rotatable bonds is 4. The summed E-state index contributed by atoms with van der Waals surface area (Å²) in [5.74, 6) is -0.278. The Hall–Kier alpha value is -3.00. The number of halogens is 1. The number of benzene rings is 2. The fraction of sp³-hybridized carbons (Fsp3) is 0.118. The highest BCUT2D eigenvalue weighted by Gasteiger charge is 2.13. The molecule has 0 atom stereocenters. The summed E-state index contributed by atoms with van der Waals surface area (Å²) in [5.41, 5.74) is 3.03. The van der Waals surface area contributed by atoms with Crippen molar-refractivity contribution in [3.05, 3.63) is 82.9 Å². The molecule has 0 aliphatic carbocycles. The summed E-state index contributed by atoms with van der Waals surface area (Å²) in [5, 5.41) is 17.2. The minimum absolute atomic E-state index is 0.278. The van der Waals surface area contributed by atoms with E-state index in [0.717, 1.165) is 16.8 Å².